The second-order valence-electron chi connectivity index (χ2n) is 14.2. The maximum absolute atomic E-state index is 14.1. The predicted molar refractivity (Wildman–Crippen MR) is 187 cm³/mol. The molecule has 1 atom stereocenters. The van der Waals surface area contributed by atoms with Gasteiger partial charge in [0, 0.05) is 70.0 Å². The van der Waals surface area contributed by atoms with Gasteiger partial charge in [-0.2, -0.15) is 13.2 Å². The number of halogens is 4. The summed E-state index contributed by atoms with van der Waals surface area (Å²) in [6, 6.07) is 10.3. The summed E-state index contributed by atoms with van der Waals surface area (Å²) in [5.41, 5.74) is 6.19. The van der Waals surface area contributed by atoms with Gasteiger partial charge in [0.2, 0.25) is 11.8 Å². The molecule has 0 aromatic heterocycles. The number of para-hydroxylation sites is 1. The molecule has 4 amide bonds. The number of rotatable bonds is 7. The normalized spacial score (nSPS) is 21.1. The van der Waals surface area contributed by atoms with Gasteiger partial charge in [0.15, 0.2) is 0 Å². The van der Waals surface area contributed by atoms with Gasteiger partial charge < -0.3 is 30.7 Å². The Bertz CT molecular complexity index is 1550. The summed E-state index contributed by atoms with van der Waals surface area (Å²) >= 11 is 6.15. The number of nitrogens with one attached hydrogen (secondary N) is 1. The lowest BCUT2D eigenvalue weighted by Gasteiger charge is -2.43. The molecule has 4 heterocycles. The van der Waals surface area contributed by atoms with E-state index in [4.69, 9.17) is 17.3 Å². The molecule has 1 unspecified atom stereocenters. The van der Waals surface area contributed by atoms with Crippen molar-refractivity contribution in [2.24, 2.45) is 5.92 Å². The minimum absolute atomic E-state index is 0.0376. The molecule has 50 heavy (non-hydrogen) atoms. The molecule has 0 spiro atoms. The van der Waals surface area contributed by atoms with Gasteiger partial charge in [-0.1, -0.05) is 29.8 Å². The summed E-state index contributed by atoms with van der Waals surface area (Å²) < 4.78 is 41.5. The van der Waals surface area contributed by atoms with E-state index in [1.807, 2.05) is 29.2 Å². The molecule has 0 saturated carbocycles. The minimum Gasteiger partial charge on any atom is -0.397 e. The van der Waals surface area contributed by atoms with Crippen molar-refractivity contribution in [2.45, 2.75) is 63.2 Å². The van der Waals surface area contributed by atoms with Crippen LogP contribution in [0.2, 0.25) is 5.02 Å². The number of urea groups is 1. The number of nitrogen functional groups attached to an aromatic ring is 1. The Balaban J connectivity index is 1.12. The average Bonchev–Trinajstić information content (AvgIpc) is 3.27. The molecule has 272 valence electrons. The molecular weight excluding hydrogens is 671 g/mol. The van der Waals surface area contributed by atoms with Crippen LogP contribution in [0.5, 0.6) is 0 Å². The highest BCUT2D eigenvalue weighted by Crippen LogP contribution is 2.38. The van der Waals surface area contributed by atoms with Gasteiger partial charge in [-0.25, -0.2) is 4.79 Å². The van der Waals surface area contributed by atoms with Crippen molar-refractivity contribution in [1.29, 1.82) is 0 Å². The second kappa shape index (κ2) is 15.4. The Hall–Kier alpha value is -3.55. The molecule has 4 aliphatic rings. The molecule has 4 aliphatic heterocycles. The highest BCUT2D eigenvalue weighted by molar-refractivity contribution is 6.33. The predicted octanol–water partition coefficient (Wildman–Crippen LogP) is 4.81. The number of benzene rings is 2. The molecule has 0 radical (unpaired) electrons. The van der Waals surface area contributed by atoms with Gasteiger partial charge in [0.05, 0.1) is 22.2 Å². The Kier molecular flexibility index (Phi) is 11.1. The van der Waals surface area contributed by atoms with Crippen LogP contribution in [0.3, 0.4) is 0 Å². The summed E-state index contributed by atoms with van der Waals surface area (Å²) in [7, 11) is 2.12. The lowest BCUT2D eigenvalue weighted by molar-refractivity contribution is -0.143. The van der Waals surface area contributed by atoms with E-state index >= 15 is 0 Å². The Morgan fingerprint density at radius 2 is 1.58 bits per heavy atom. The van der Waals surface area contributed by atoms with Crippen LogP contribution >= 0.6 is 11.6 Å². The van der Waals surface area contributed by atoms with Crippen molar-refractivity contribution in [1.82, 2.24) is 24.5 Å². The van der Waals surface area contributed by atoms with E-state index in [0.717, 1.165) is 62.8 Å². The van der Waals surface area contributed by atoms with Crippen molar-refractivity contribution < 1.29 is 27.6 Å². The maximum Gasteiger partial charge on any atom is 0.418 e. The number of hydrogen-bond donors (Lipinski definition) is 2. The monoisotopic (exact) mass is 717 g/mol. The number of piperazine rings is 1. The summed E-state index contributed by atoms with van der Waals surface area (Å²) in [5.74, 6) is -1.33. The number of nitrogens with zero attached hydrogens (tertiary/aromatic N) is 5. The third-order valence-electron chi connectivity index (χ3n) is 11.0. The van der Waals surface area contributed by atoms with Crippen LogP contribution in [-0.4, -0.2) is 120 Å². The quantitative estimate of drug-likeness (QED) is 0.399. The van der Waals surface area contributed by atoms with Crippen LogP contribution < -0.4 is 11.1 Å². The average molecular weight is 718 g/mol. The zero-order chi connectivity index (χ0) is 35.6. The molecule has 3 saturated heterocycles. The zero-order valence-corrected chi connectivity index (χ0v) is 29.3. The summed E-state index contributed by atoms with van der Waals surface area (Å²) in [6.07, 6.45) is -0.863. The van der Waals surface area contributed by atoms with Crippen LogP contribution in [0, 0.1) is 5.92 Å². The number of alkyl halides is 3. The first-order chi connectivity index (χ1) is 23.9. The number of hydrogen-bond acceptors (Lipinski definition) is 6. The SMILES string of the molecule is CN1CCC(N2CCN(C(=O)C(CC(=O)N3CCC(N4CCc5ccccc5NC4=O)CC3)Cc3cc(Cl)c(N)c(C(F)(F)F)c3)CC2)CC1. The summed E-state index contributed by atoms with van der Waals surface area (Å²) in [5, 5.41) is 2.78. The number of nitrogens with two attached hydrogens (primary N) is 1. The van der Waals surface area contributed by atoms with Crippen molar-refractivity contribution in [3.05, 3.63) is 58.1 Å². The van der Waals surface area contributed by atoms with Crippen molar-refractivity contribution >= 4 is 40.8 Å². The van der Waals surface area contributed by atoms with Crippen LogP contribution in [0.1, 0.15) is 48.8 Å². The summed E-state index contributed by atoms with van der Waals surface area (Å²) in [4.78, 5) is 51.1. The number of anilines is 2. The second-order valence-corrected chi connectivity index (χ2v) is 14.6. The van der Waals surface area contributed by atoms with Gasteiger partial charge in [0.25, 0.3) is 0 Å². The fraction of sp³-hybridized carbons (Fsp3) is 0.583. The molecule has 2 aromatic carbocycles. The third kappa shape index (κ3) is 8.32. The van der Waals surface area contributed by atoms with E-state index in [-0.39, 0.29) is 47.3 Å². The van der Waals surface area contributed by atoms with Crippen molar-refractivity contribution in [3.63, 3.8) is 0 Å². The number of fused-ring (bicyclic) bond motifs is 1. The first-order valence-electron chi connectivity index (χ1n) is 17.7. The lowest BCUT2D eigenvalue weighted by atomic mass is 9.91. The molecule has 3 N–H and O–H groups in total. The fourth-order valence-corrected chi connectivity index (χ4v) is 8.23. The van der Waals surface area contributed by atoms with E-state index in [1.165, 1.54) is 6.07 Å². The highest BCUT2D eigenvalue weighted by atomic mass is 35.5. The van der Waals surface area contributed by atoms with Crippen LogP contribution in [0.4, 0.5) is 29.3 Å². The first-order valence-corrected chi connectivity index (χ1v) is 18.0. The first kappa shape index (κ1) is 36.2. The van der Waals surface area contributed by atoms with E-state index in [0.29, 0.717) is 51.6 Å². The Morgan fingerprint density at radius 1 is 0.920 bits per heavy atom. The van der Waals surface area contributed by atoms with Gasteiger partial charge in [0.1, 0.15) is 0 Å². The Morgan fingerprint density at radius 3 is 2.26 bits per heavy atom. The number of piperidine rings is 2. The Labute approximate surface area is 296 Å². The standard InChI is InChI=1S/C36H47ClF3N7O3/c1-43-11-7-27(8-12-43)44-16-18-46(19-17-44)34(49)26(20-24-21-29(36(38,39)40)33(41)30(37)22-24)23-32(48)45-13-9-28(10-14-45)47-15-6-25-4-2-3-5-31(25)42-35(47)50/h2-5,21-22,26-28H,6-20,23,41H2,1H3,(H,42,50). The van der Waals surface area contributed by atoms with E-state index in [9.17, 15) is 27.6 Å². The molecule has 0 bridgehead atoms. The third-order valence-corrected chi connectivity index (χ3v) is 11.3. The van der Waals surface area contributed by atoms with Crippen molar-refractivity contribution in [2.75, 3.05) is 77.0 Å². The van der Waals surface area contributed by atoms with E-state index < -0.39 is 23.3 Å². The lowest BCUT2D eigenvalue weighted by Crippen LogP contribution is -2.55. The number of amides is 4. The van der Waals surface area contributed by atoms with E-state index in [2.05, 4.69) is 22.2 Å². The van der Waals surface area contributed by atoms with Crippen LogP contribution in [-0.2, 0) is 28.6 Å². The van der Waals surface area contributed by atoms with Gasteiger partial charge in [-0.15, -0.1) is 0 Å². The highest BCUT2D eigenvalue weighted by Gasteiger charge is 2.37. The largest absolute Gasteiger partial charge is 0.418 e. The zero-order valence-electron chi connectivity index (χ0n) is 28.6. The topological polar surface area (TPSA) is 105 Å². The molecular formula is C36H47ClF3N7O3. The van der Waals surface area contributed by atoms with Crippen LogP contribution in [0.25, 0.3) is 0 Å². The smallest absolute Gasteiger partial charge is 0.397 e. The van der Waals surface area contributed by atoms with Gasteiger partial charge >= 0.3 is 12.2 Å². The fourth-order valence-electron chi connectivity index (χ4n) is 7.99. The maximum atomic E-state index is 14.1. The number of carbonyl (C=O) groups excluding carboxylic acids is 3. The number of likely N-dealkylation sites (tertiary alicyclic amines) is 2. The molecule has 6 rings (SSSR count). The van der Waals surface area contributed by atoms with Gasteiger partial charge in [-0.3, -0.25) is 14.5 Å². The molecule has 3 fully saturated rings. The number of carbonyl (C=O) groups is 3. The van der Waals surface area contributed by atoms with Gasteiger partial charge in [-0.05, 0) is 88.0 Å². The molecule has 0 aliphatic carbocycles. The van der Waals surface area contributed by atoms with Crippen molar-refractivity contribution in [3.8, 4) is 0 Å². The molecule has 14 heteroatoms. The van der Waals surface area contributed by atoms with E-state index in [1.54, 1.807) is 9.80 Å². The molecule has 2 aromatic rings. The summed E-state index contributed by atoms with van der Waals surface area (Å²) in [6.45, 7) is 5.92. The minimum atomic E-state index is -4.72. The van der Waals surface area contributed by atoms with Crippen LogP contribution in [0.15, 0.2) is 36.4 Å². The molecule has 10 nitrogen and oxygen atoms in total.